The van der Waals surface area contributed by atoms with Crippen LogP contribution in [0.15, 0.2) is 59.8 Å². The molecular formula is C22H12ClF4N5O2S. The second-order valence-corrected chi connectivity index (χ2v) is 9.36. The van der Waals surface area contributed by atoms with Gasteiger partial charge in [-0.3, -0.25) is 9.82 Å². The van der Waals surface area contributed by atoms with Crippen LogP contribution in [0.2, 0.25) is 5.02 Å². The first kappa shape index (κ1) is 22.9. The number of anilines is 1. The summed E-state index contributed by atoms with van der Waals surface area (Å²) in [5, 5.41) is 6.35. The zero-order chi connectivity index (χ0) is 24.9. The second-order valence-electron chi connectivity index (χ2n) is 7.30. The molecule has 35 heavy (non-hydrogen) atoms. The molecule has 5 aromatic rings. The maximum absolute atomic E-state index is 15.4. The highest BCUT2D eigenvalue weighted by atomic mass is 35.5. The number of nitrogens with one attached hydrogen (secondary N) is 3. The summed E-state index contributed by atoms with van der Waals surface area (Å²) in [7, 11) is -4.66. The van der Waals surface area contributed by atoms with Crippen LogP contribution in [0.4, 0.5) is 23.2 Å². The van der Waals surface area contributed by atoms with Crippen LogP contribution in [0.5, 0.6) is 0 Å². The van der Waals surface area contributed by atoms with Crippen LogP contribution < -0.4 is 4.72 Å². The molecule has 0 amide bonds. The Hall–Kier alpha value is -3.90. The highest BCUT2D eigenvalue weighted by molar-refractivity contribution is 7.92. The molecule has 2 heterocycles. The predicted molar refractivity (Wildman–Crippen MR) is 121 cm³/mol. The summed E-state index contributed by atoms with van der Waals surface area (Å²) in [6, 6.07) is 7.34. The molecule has 0 radical (unpaired) electrons. The van der Waals surface area contributed by atoms with Crippen molar-refractivity contribution in [3.63, 3.8) is 0 Å². The van der Waals surface area contributed by atoms with Gasteiger partial charge in [0.25, 0.3) is 10.0 Å². The summed E-state index contributed by atoms with van der Waals surface area (Å²) < 4.78 is 86.8. The van der Waals surface area contributed by atoms with Crippen LogP contribution >= 0.6 is 11.6 Å². The molecule has 0 aliphatic rings. The number of benzene rings is 3. The van der Waals surface area contributed by atoms with Gasteiger partial charge in [0.05, 0.1) is 16.3 Å². The Morgan fingerprint density at radius 2 is 1.74 bits per heavy atom. The largest absolute Gasteiger partial charge is 0.343 e. The van der Waals surface area contributed by atoms with Gasteiger partial charge >= 0.3 is 0 Å². The summed E-state index contributed by atoms with van der Waals surface area (Å²) in [5.41, 5.74) is -1.90. The van der Waals surface area contributed by atoms with Gasteiger partial charge in [0.2, 0.25) is 0 Å². The first-order valence-electron chi connectivity index (χ1n) is 9.80. The molecule has 0 saturated heterocycles. The molecule has 0 saturated carbocycles. The van der Waals surface area contributed by atoms with Crippen molar-refractivity contribution in [2.75, 3.05) is 4.72 Å². The fourth-order valence-electron chi connectivity index (χ4n) is 3.59. The Morgan fingerprint density at radius 1 is 0.943 bits per heavy atom. The Kier molecular flexibility index (Phi) is 5.49. The number of imidazole rings is 1. The van der Waals surface area contributed by atoms with Crippen LogP contribution in [0.3, 0.4) is 0 Å². The van der Waals surface area contributed by atoms with Crippen molar-refractivity contribution in [2.24, 2.45) is 0 Å². The van der Waals surface area contributed by atoms with Gasteiger partial charge in [-0.1, -0.05) is 23.7 Å². The number of fused-ring (bicyclic) bond motifs is 1. The van der Waals surface area contributed by atoms with Crippen molar-refractivity contribution < 1.29 is 26.0 Å². The van der Waals surface area contributed by atoms with E-state index in [4.69, 9.17) is 11.6 Å². The molecule has 0 atom stereocenters. The van der Waals surface area contributed by atoms with Crippen molar-refractivity contribution in [1.82, 2.24) is 20.2 Å². The molecule has 0 spiro atoms. The van der Waals surface area contributed by atoms with E-state index in [1.54, 1.807) is 6.20 Å². The lowest BCUT2D eigenvalue weighted by molar-refractivity contribution is 0.568. The normalized spacial score (nSPS) is 11.8. The molecule has 5 rings (SSSR count). The monoisotopic (exact) mass is 521 g/mol. The Morgan fingerprint density at radius 3 is 2.49 bits per heavy atom. The van der Waals surface area contributed by atoms with Gasteiger partial charge in [0, 0.05) is 23.3 Å². The number of hydrogen-bond acceptors (Lipinski definition) is 4. The van der Waals surface area contributed by atoms with Crippen LogP contribution in [0, 0.1) is 23.3 Å². The number of aromatic nitrogens is 4. The molecule has 2 aromatic heterocycles. The van der Waals surface area contributed by atoms with Gasteiger partial charge < -0.3 is 4.98 Å². The summed E-state index contributed by atoms with van der Waals surface area (Å²) in [4.78, 5) is 6.06. The van der Waals surface area contributed by atoms with Crippen molar-refractivity contribution >= 4 is 38.2 Å². The third-order valence-electron chi connectivity index (χ3n) is 5.21. The van der Waals surface area contributed by atoms with E-state index in [1.807, 2.05) is 4.72 Å². The lowest BCUT2D eigenvalue weighted by Crippen LogP contribution is -2.16. The van der Waals surface area contributed by atoms with E-state index in [-0.39, 0.29) is 5.52 Å². The summed E-state index contributed by atoms with van der Waals surface area (Å²) in [5.74, 6) is -4.47. The van der Waals surface area contributed by atoms with E-state index >= 15 is 8.78 Å². The van der Waals surface area contributed by atoms with Crippen molar-refractivity contribution in [3.05, 3.63) is 83.1 Å². The van der Waals surface area contributed by atoms with Gasteiger partial charge in [-0.15, -0.1) is 0 Å². The molecular weight excluding hydrogens is 510 g/mol. The number of nitrogens with zero attached hydrogens (tertiary/aromatic N) is 2. The molecule has 178 valence electrons. The molecule has 7 nitrogen and oxygen atoms in total. The fourth-order valence-corrected chi connectivity index (χ4v) is 4.98. The quantitative estimate of drug-likeness (QED) is 0.261. The Labute approximate surface area is 199 Å². The molecule has 3 N–H and O–H groups in total. The lowest BCUT2D eigenvalue weighted by atomic mass is 10.0. The van der Waals surface area contributed by atoms with Gasteiger partial charge in [-0.25, -0.2) is 31.0 Å². The molecule has 3 aromatic carbocycles. The average molecular weight is 522 g/mol. The third kappa shape index (κ3) is 3.80. The van der Waals surface area contributed by atoms with E-state index < -0.39 is 60.0 Å². The third-order valence-corrected chi connectivity index (χ3v) is 6.89. The fraction of sp³-hybridized carbons (Fsp3) is 0. The summed E-state index contributed by atoms with van der Waals surface area (Å²) in [6.07, 6.45) is 3.04. The molecule has 0 aliphatic heterocycles. The van der Waals surface area contributed by atoms with E-state index in [9.17, 15) is 17.2 Å². The van der Waals surface area contributed by atoms with Gasteiger partial charge in [0.1, 0.15) is 21.9 Å². The predicted octanol–water partition coefficient (Wildman–Crippen LogP) is 5.63. The highest BCUT2D eigenvalue weighted by Crippen LogP contribution is 2.37. The first-order valence-corrected chi connectivity index (χ1v) is 11.7. The Balaban J connectivity index is 1.60. The van der Waals surface area contributed by atoms with E-state index in [0.29, 0.717) is 16.9 Å². The average Bonchev–Trinajstić information content (AvgIpc) is 3.49. The van der Waals surface area contributed by atoms with Crippen molar-refractivity contribution in [3.8, 4) is 22.6 Å². The lowest BCUT2D eigenvalue weighted by Gasteiger charge is -2.14. The Bertz CT molecular complexity index is 1710. The van der Waals surface area contributed by atoms with E-state index in [1.165, 1.54) is 18.3 Å². The van der Waals surface area contributed by atoms with Crippen LogP contribution in [-0.4, -0.2) is 28.6 Å². The molecule has 0 fully saturated rings. The number of hydrogen-bond donors (Lipinski definition) is 3. The topological polar surface area (TPSA) is 104 Å². The van der Waals surface area contributed by atoms with Gasteiger partial charge in [-0.05, 0) is 30.3 Å². The highest BCUT2D eigenvalue weighted by Gasteiger charge is 2.26. The molecule has 13 heteroatoms. The number of H-pyrrole nitrogens is 2. The van der Waals surface area contributed by atoms with Crippen LogP contribution in [-0.2, 0) is 10.0 Å². The number of halogens is 5. The first-order chi connectivity index (χ1) is 16.7. The van der Waals surface area contributed by atoms with E-state index in [2.05, 4.69) is 20.2 Å². The minimum Gasteiger partial charge on any atom is -0.343 e. The van der Waals surface area contributed by atoms with Crippen molar-refractivity contribution in [1.29, 1.82) is 0 Å². The molecule has 0 unspecified atom stereocenters. The van der Waals surface area contributed by atoms with E-state index in [0.717, 1.165) is 30.3 Å². The minimum absolute atomic E-state index is 0.209. The standard InChI is InChI=1S/C22H12ClF4N5O2S/c23-12-2-1-3-15(18(12)26)35(33,34)32-14-7-6-13(24)16(19(14)27)10-4-5-11-20(17(10)25)30-31-21(11)22-28-8-9-29-22/h1-9,32H,(H,28,29)(H,30,31). The number of aromatic amines is 2. The van der Waals surface area contributed by atoms with Crippen LogP contribution in [0.1, 0.15) is 0 Å². The summed E-state index contributed by atoms with van der Waals surface area (Å²) >= 11 is 5.63. The molecule has 0 bridgehead atoms. The number of sulfonamides is 1. The smallest absolute Gasteiger partial charge is 0.264 e. The van der Waals surface area contributed by atoms with Gasteiger partial charge in [0.15, 0.2) is 23.3 Å². The molecule has 0 aliphatic carbocycles. The summed E-state index contributed by atoms with van der Waals surface area (Å²) in [6.45, 7) is 0. The maximum atomic E-state index is 15.4. The van der Waals surface area contributed by atoms with Crippen molar-refractivity contribution in [2.45, 2.75) is 4.90 Å². The second kappa shape index (κ2) is 8.40. The maximum Gasteiger partial charge on any atom is 0.264 e. The van der Waals surface area contributed by atoms with Gasteiger partial charge in [-0.2, -0.15) is 5.10 Å². The SMILES string of the molecule is O=S(=O)(Nc1ccc(F)c(-c2ccc3c(-c4ncc[nH]4)[nH]nc3c2F)c1F)c1cccc(Cl)c1F. The number of rotatable bonds is 5. The minimum atomic E-state index is -4.66. The zero-order valence-corrected chi connectivity index (χ0v) is 18.8. The van der Waals surface area contributed by atoms with Crippen LogP contribution in [0.25, 0.3) is 33.5 Å². The zero-order valence-electron chi connectivity index (χ0n) is 17.2.